The number of hydrogen-bond acceptors (Lipinski definition) is 4. The average molecular weight is 301 g/mol. The van der Waals surface area contributed by atoms with E-state index in [1.54, 1.807) is 12.0 Å². The second-order valence-electron chi connectivity index (χ2n) is 5.52. The molecule has 1 saturated heterocycles. The van der Waals surface area contributed by atoms with Crippen molar-refractivity contribution in [2.24, 2.45) is 0 Å². The molecule has 0 unspecified atom stereocenters. The molecule has 0 radical (unpaired) electrons. The Balaban J connectivity index is 1.67. The largest absolute Gasteiger partial charge is 0.380 e. The van der Waals surface area contributed by atoms with Crippen LogP contribution in [0.3, 0.4) is 0 Å². The first kappa shape index (κ1) is 14.7. The van der Waals surface area contributed by atoms with E-state index in [1.165, 1.54) is 0 Å². The lowest BCUT2D eigenvalue weighted by atomic mass is 10.2. The molecule has 2 aromatic rings. The minimum absolute atomic E-state index is 0.0499. The van der Waals surface area contributed by atoms with Crippen molar-refractivity contribution in [1.29, 1.82) is 0 Å². The van der Waals surface area contributed by atoms with E-state index < -0.39 is 0 Å². The fourth-order valence-electron chi connectivity index (χ4n) is 2.77. The number of para-hydroxylation sites is 2. The first-order valence-corrected chi connectivity index (χ1v) is 7.46. The molecule has 6 heteroatoms. The van der Waals surface area contributed by atoms with E-state index in [9.17, 15) is 9.59 Å². The molecule has 1 aromatic carbocycles. The Hall–Kier alpha value is -2.21. The maximum Gasteiger partial charge on any atom is 0.270 e. The summed E-state index contributed by atoms with van der Waals surface area (Å²) >= 11 is 0. The van der Waals surface area contributed by atoms with Crippen molar-refractivity contribution in [1.82, 2.24) is 14.9 Å². The Morgan fingerprint density at radius 1 is 1.45 bits per heavy atom. The second-order valence-corrected chi connectivity index (χ2v) is 5.52. The van der Waals surface area contributed by atoms with E-state index >= 15 is 0 Å². The van der Waals surface area contributed by atoms with Gasteiger partial charge in [-0.2, -0.15) is 0 Å². The zero-order chi connectivity index (χ0) is 15.5. The highest BCUT2D eigenvalue weighted by atomic mass is 16.5. The molecular formula is C16H19N3O3. The van der Waals surface area contributed by atoms with Crippen LogP contribution in [0, 0.1) is 0 Å². The third-order valence-electron chi connectivity index (χ3n) is 4.08. The van der Waals surface area contributed by atoms with Crippen LogP contribution < -0.4 is 5.56 Å². The van der Waals surface area contributed by atoms with Gasteiger partial charge in [0.2, 0.25) is 5.91 Å². The number of aryl methyl sites for hydroxylation is 1. The van der Waals surface area contributed by atoms with Crippen LogP contribution in [-0.4, -0.2) is 47.1 Å². The zero-order valence-corrected chi connectivity index (χ0v) is 12.5. The van der Waals surface area contributed by atoms with Gasteiger partial charge in [-0.05, 0) is 18.6 Å². The lowest BCUT2D eigenvalue weighted by Gasteiger charge is -2.15. The number of amides is 1. The van der Waals surface area contributed by atoms with Gasteiger partial charge in [-0.25, -0.2) is 4.98 Å². The number of ether oxygens (including phenoxy) is 1. The topological polar surface area (TPSA) is 75.3 Å². The average Bonchev–Trinajstić information content (AvgIpc) is 3.01. The maximum absolute atomic E-state index is 12.2. The fourth-order valence-corrected chi connectivity index (χ4v) is 2.77. The van der Waals surface area contributed by atoms with E-state index in [-0.39, 0.29) is 17.6 Å². The first-order valence-electron chi connectivity index (χ1n) is 7.46. The van der Waals surface area contributed by atoms with Gasteiger partial charge in [0, 0.05) is 33.0 Å². The summed E-state index contributed by atoms with van der Waals surface area (Å²) in [7, 11) is 1.66. The van der Waals surface area contributed by atoms with Gasteiger partial charge in [0.15, 0.2) is 0 Å². The van der Waals surface area contributed by atoms with E-state index in [0.29, 0.717) is 30.6 Å². The Morgan fingerprint density at radius 2 is 2.27 bits per heavy atom. The van der Waals surface area contributed by atoms with Crippen molar-refractivity contribution >= 4 is 16.9 Å². The van der Waals surface area contributed by atoms with E-state index in [0.717, 1.165) is 18.5 Å². The predicted octanol–water partition coefficient (Wildman–Crippen LogP) is 1.10. The molecule has 0 bridgehead atoms. The number of benzene rings is 1. The van der Waals surface area contributed by atoms with Crippen molar-refractivity contribution in [3.8, 4) is 0 Å². The van der Waals surface area contributed by atoms with Crippen molar-refractivity contribution < 1.29 is 9.53 Å². The van der Waals surface area contributed by atoms with Crippen molar-refractivity contribution in [3.63, 3.8) is 0 Å². The fraction of sp³-hybridized carbons (Fsp3) is 0.438. The highest BCUT2D eigenvalue weighted by Crippen LogP contribution is 2.14. The number of rotatable bonds is 4. The predicted molar refractivity (Wildman–Crippen MR) is 82.7 cm³/mol. The quantitative estimate of drug-likeness (QED) is 0.917. The third kappa shape index (κ3) is 3.01. The number of nitrogens with one attached hydrogen (secondary N) is 1. The van der Waals surface area contributed by atoms with E-state index in [1.807, 2.05) is 24.3 Å². The number of aromatic nitrogens is 2. The summed E-state index contributed by atoms with van der Waals surface area (Å²) in [6.07, 6.45) is 1.65. The van der Waals surface area contributed by atoms with Crippen LogP contribution in [0.1, 0.15) is 18.5 Å². The van der Waals surface area contributed by atoms with Crippen LogP contribution in [0.25, 0.3) is 11.0 Å². The number of carbonyl (C=O) groups is 1. The third-order valence-corrected chi connectivity index (χ3v) is 4.08. The minimum Gasteiger partial charge on any atom is -0.380 e. The molecule has 1 amide bonds. The summed E-state index contributed by atoms with van der Waals surface area (Å²) in [5.74, 6) is 0.0499. The molecule has 22 heavy (non-hydrogen) atoms. The number of hydrogen-bond donors (Lipinski definition) is 1. The number of aromatic amines is 1. The van der Waals surface area contributed by atoms with Crippen LogP contribution in [-0.2, 0) is 16.0 Å². The van der Waals surface area contributed by atoms with Crippen LogP contribution in [0.4, 0.5) is 0 Å². The molecule has 1 fully saturated rings. The normalized spacial score (nSPS) is 18.0. The summed E-state index contributed by atoms with van der Waals surface area (Å²) in [5, 5.41) is 0. The highest BCUT2D eigenvalue weighted by molar-refractivity contribution is 5.77. The zero-order valence-electron chi connectivity index (χ0n) is 12.5. The second kappa shape index (κ2) is 6.27. The summed E-state index contributed by atoms with van der Waals surface area (Å²) in [4.78, 5) is 33.2. The lowest BCUT2D eigenvalue weighted by molar-refractivity contribution is -0.130. The summed E-state index contributed by atoms with van der Waals surface area (Å²) in [6.45, 7) is 1.36. The molecule has 0 saturated carbocycles. The molecule has 0 spiro atoms. The number of methoxy groups -OCH3 is 1. The summed E-state index contributed by atoms with van der Waals surface area (Å²) in [5.41, 5.74) is 1.65. The van der Waals surface area contributed by atoms with Gasteiger partial charge in [-0.3, -0.25) is 9.59 Å². The number of carbonyl (C=O) groups excluding carboxylic acids is 1. The molecule has 116 valence electrons. The number of nitrogens with zero attached hydrogens (tertiary/aromatic N) is 2. The molecule has 1 N–H and O–H groups in total. The summed E-state index contributed by atoms with van der Waals surface area (Å²) < 4.78 is 5.26. The smallest absolute Gasteiger partial charge is 0.270 e. The molecule has 3 rings (SSSR count). The Bertz CT molecular complexity index is 741. The molecule has 1 atom stereocenters. The molecular weight excluding hydrogens is 282 g/mol. The Labute approximate surface area is 128 Å². The molecule has 1 aliphatic rings. The van der Waals surface area contributed by atoms with Crippen molar-refractivity contribution in [2.75, 3.05) is 20.2 Å². The molecule has 1 aliphatic heterocycles. The van der Waals surface area contributed by atoms with E-state index in [2.05, 4.69) is 9.97 Å². The van der Waals surface area contributed by atoms with Gasteiger partial charge < -0.3 is 14.6 Å². The van der Waals surface area contributed by atoms with Gasteiger partial charge in [0.25, 0.3) is 5.56 Å². The number of fused-ring (bicyclic) bond motifs is 1. The molecule has 0 aliphatic carbocycles. The van der Waals surface area contributed by atoms with Gasteiger partial charge in [0.1, 0.15) is 5.69 Å². The van der Waals surface area contributed by atoms with Crippen molar-refractivity contribution in [2.45, 2.75) is 25.4 Å². The van der Waals surface area contributed by atoms with Gasteiger partial charge in [0.05, 0.1) is 17.1 Å². The van der Waals surface area contributed by atoms with E-state index in [4.69, 9.17) is 4.74 Å². The standard InChI is InChI=1S/C16H19N3O3/c1-22-11-8-9-19(10-11)15(20)7-6-14-16(21)18-13-5-3-2-4-12(13)17-14/h2-5,11H,6-10H2,1H3,(H,18,21)/t11-/m1/s1. The Morgan fingerprint density at radius 3 is 3.05 bits per heavy atom. The Kier molecular flexibility index (Phi) is 4.20. The van der Waals surface area contributed by atoms with Gasteiger partial charge in [-0.15, -0.1) is 0 Å². The molecule has 1 aromatic heterocycles. The first-order chi connectivity index (χ1) is 10.7. The van der Waals surface area contributed by atoms with Gasteiger partial charge in [-0.1, -0.05) is 12.1 Å². The summed E-state index contributed by atoms with van der Waals surface area (Å²) in [6, 6.07) is 7.38. The van der Waals surface area contributed by atoms with Crippen molar-refractivity contribution in [3.05, 3.63) is 40.3 Å². The lowest BCUT2D eigenvalue weighted by Crippen LogP contribution is -2.30. The minimum atomic E-state index is -0.220. The van der Waals surface area contributed by atoms with Crippen LogP contribution >= 0.6 is 0 Å². The highest BCUT2D eigenvalue weighted by Gasteiger charge is 2.25. The number of H-pyrrole nitrogens is 1. The monoisotopic (exact) mass is 301 g/mol. The van der Waals surface area contributed by atoms with Crippen LogP contribution in [0.2, 0.25) is 0 Å². The van der Waals surface area contributed by atoms with Crippen LogP contribution in [0.5, 0.6) is 0 Å². The molecule has 6 nitrogen and oxygen atoms in total. The SMILES string of the molecule is CO[C@@H]1CCN(C(=O)CCc2nc3ccccc3[nH]c2=O)C1. The maximum atomic E-state index is 12.2. The number of likely N-dealkylation sites (tertiary alicyclic amines) is 1. The van der Waals surface area contributed by atoms with Crippen LogP contribution in [0.15, 0.2) is 29.1 Å². The van der Waals surface area contributed by atoms with Gasteiger partial charge >= 0.3 is 0 Å². The molecule has 2 heterocycles.